The number of aryl methyl sites for hydroxylation is 2. The van der Waals surface area contributed by atoms with Gasteiger partial charge in [-0.2, -0.15) is 0 Å². The average Bonchev–Trinajstić information content (AvgIpc) is 2.86. The minimum atomic E-state index is -0.400. The van der Waals surface area contributed by atoms with E-state index in [1.165, 1.54) is 0 Å². The van der Waals surface area contributed by atoms with Crippen molar-refractivity contribution in [1.29, 1.82) is 0 Å². The predicted octanol–water partition coefficient (Wildman–Crippen LogP) is 1.99. The van der Waals surface area contributed by atoms with Gasteiger partial charge in [-0.25, -0.2) is 4.79 Å². The fraction of sp³-hybridized carbons (Fsp3) is 0.400. The minimum absolute atomic E-state index is 0.138. The van der Waals surface area contributed by atoms with Gasteiger partial charge in [-0.05, 0) is 25.0 Å². The van der Waals surface area contributed by atoms with Crippen molar-refractivity contribution in [2.24, 2.45) is 7.05 Å². The van der Waals surface area contributed by atoms with Crippen LogP contribution in [0, 0.1) is 0 Å². The Labute approximate surface area is 123 Å². The SMILES string of the molecule is CCOC(=O)COc1cc(-c2ccncc2CC)n(C)n1. The Morgan fingerprint density at radius 1 is 1.38 bits per heavy atom. The number of aromatic nitrogens is 3. The molecule has 0 atom stereocenters. The van der Waals surface area contributed by atoms with E-state index in [1.54, 1.807) is 17.8 Å². The molecule has 0 saturated carbocycles. The Hall–Kier alpha value is -2.37. The number of nitrogens with zero attached hydrogens (tertiary/aromatic N) is 3. The lowest BCUT2D eigenvalue weighted by Gasteiger charge is -2.06. The van der Waals surface area contributed by atoms with Gasteiger partial charge in [-0.1, -0.05) is 6.92 Å². The first-order valence-corrected chi connectivity index (χ1v) is 6.91. The molecule has 6 nitrogen and oxygen atoms in total. The zero-order chi connectivity index (χ0) is 15.2. The van der Waals surface area contributed by atoms with Gasteiger partial charge in [0.05, 0.1) is 12.3 Å². The third kappa shape index (κ3) is 3.59. The summed E-state index contributed by atoms with van der Waals surface area (Å²) in [6.45, 7) is 4.04. The fourth-order valence-corrected chi connectivity index (χ4v) is 2.06. The van der Waals surface area contributed by atoms with Crippen molar-refractivity contribution in [3.05, 3.63) is 30.1 Å². The molecule has 112 valence electrons. The molecule has 0 spiro atoms. The number of carbonyl (C=O) groups excluding carboxylic acids is 1. The molecule has 2 heterocycles. The van der Waals surface area contributed by atoms with Gasteiger partial charge in [0.25, 0.3) is 0 Å². The number of ether oxygens (including phenoxy) is 2. The monoisotopic (exact) mass is 289 g/mol. The second-order valence-corrected chi connectivity index (χ2v) is 4.47. The van der Waals surface area contributed by atoms with E-state index in [4.69, 9.17) is 9.47 Å². The van der Waals surface area contributed by atoms with E-state index in [0.717, 1.165) is 23.2 Å². The highest BCUT2D eigenvalue weighted by atomic mass is 16.6. The van der Waals surface area contributed by atoms with Crippen molar-refractivity contribution in [2.45, 2.75) is 20.3 Å². The third-order valence-corrected chi connectivity index (χ3v) is 3.06. The van der Waals surface area contributed by atoms with Crippen LogP contribution in [0.5, 0.6) is 5.88 Å². The first-order chi connectivity index (χ1) is 10.2. The second-order valence-electron chi connectivity index (χ2n) is 4.47. The summed E-state index contributed by atoms with van der Waals surface area (Å²) in [5.74, 6) is 0.00211. The van der Waals surface area contributed by atoms with Crippen molar-refractivity contribution < 1.29 is 14.3 Å². The summed E-state index contributed by atoms with van der Waals surface area (Å²) >= 11 is 0. The topological polar surface area (TPSA) is 66.2 Å². The molecule has 0 amide bonds. The number of esters is 1. The highest BCUT2D eigenvalue weighted by Crippen LogP contribution is 2.26. The highest BCUT2D eigenvalue weighted by Gasteiger charge is 2.12. The molecule has 0 bridgehead atoms. The van der Waals surface area contributed by atoms with Crippen molar-refractivity contribution in [3.63, 3.8) is 0 Å². The largest absolute Gasteiger partial charge is 0.465 e. The lowest BCUT2D eigenvalue weighted by molar-refractivity contribution is -0.145. The van der Waals surface area contributed by atoms with Crippen LogP contribution in [0.15, 0.2) is 24.5 Å². The van der Waals surface area contributed by atoms with Crippen molar-refractivity contribution in [2.75, 3.05) is 13.2 Å². The summed E-state index contributed by atoms with van der Waals surface area (Å²) in [6, 6.07) is 3.76. The molecule has 0 N–H and O–H groups in total. The fourth-order valence-electron chi connectivity index (χ4n) is 2.06. The zero-order valence-electron chi connectivity index (χ0n) is 12.5. The molecule has 2 rings (SSSR count). The van der Waals surface area contributed by atoms with Crippen LogP contribution >= 0.6 is 0 Å². The quantitative estimate of drug-likeness (QED) is 0.761. The molecule has 21 heavy (non-hydrogen) atoms. The third-order valence-electron chi connectivity index (χ3n) is 3.06. The highest BCUT2D eigenvalue weighted by molar-refractivity contribution is 5.71. The van der Waals surface area contributed by atoms with E-state index >= 15 is 0 Å². The average molecular weight is 289 g/mol. The Kier molecular flexibility index (Phi) is 4.92. The van der Waals surface area contributed by atoms with Gasteiger partial charge < -0.3 is 9.47 Å². The Bertz CT molecular complexity index is 622. The van der Waals surface area contributed by atoms with E-state index in [-0.39, 0.29) is 6.61 Å². The molecule has 0 aliphatic heterocycles. The molecular weight excluding hydrogens is 270 g/mol. The Balaban J connectivity index is 2.17. The number of hydrogen-bond acceptors (Lipinski definition) is 5. The molecule has 2 aromatic rings. The summed E-state index contributed by atoms with van der Waals surface area (Å²) in [6.07, 6.45) is 4.48. The maximum Gasteiger partial charge on any atom is 0.344 e. The predicted molar refractivity (Wildman–Crippen MR) is 77.9 cm³/mol. The van der Waals surface area contributed by atoms with Gasteiger partial charge in [0.2, 0.25) is 5.88 Å². The van der Waals surface area contributed by atoms with Gasteiger partial charge in [0.1, 0.15) is 0 Å². The van der Waals surface area contributed by atoms with Crippen molar-refractivity contribution in [3.8, 4) is 17.1 Å². The summed E-state index contributed by atoms with van der Waals surface area (Å²) in [5.41, 5.74) is 3.12. The first-order valence-electron chi connectivity index (χ1n) is 6.91. The molecule has 0 unspecified atom stereocenters. The van der Waals surface area contributed by atoms with Crippen LogP contribution in [-0.2, 0) is 23.0 Å². The Morgan fingerprint density at radius 2 is 2.19 bits per heavy atom. The number of carbonyl (C=O) groups is 1. The summed E-state index contributed by atoms with van der Waals surface area (Å²) in [5, 5.41) is 4.26. The van der Waals surface area contributed by atoms with Crippen LogP contribution in [0.3, 0.4) is 0 Å². The van der Waals surface area contributed by atoms with Gasteiger partial charge in [0.15, 0.2) is 6.61 Å². The van der Waals surface area contributed by atoms with E-state index in [2.05, 4.69) is 17.0 Å². The van der Waals surface area contributed by atoms with Crippen molar-refractivity contribution in [1.82, 2.24) is 14.8 Å². The molecule has 0 fully saturated rings. The summed E-state index contributed by atoms with van der Waals surface area (Å²) in [7, 11) is 1.84. The van der Waals surface area contributed by atoms with E-state index in [9.17, 15) is 4.79 Å². The maximum absolute atomic E-state index is 11.3. The van der Waals surface area contributed by atoms with Crippen LogP contribution in [0.1, 0.15) is 19.4 Å². The van der Waals surface area contributed by atoms with Gasteiger partial charge in [0, 0.05) is 31.1 Å². The lowest BCUT2D eigenvalue weighted by atomic mass is 10.1. The maximum atomic E-state index is 11.3. The molecule has 0 aliphatic carbocycles. The van der Waals surface area contributed by atoms with Crippen LogP contribution in [0.25, 0.3) is 11.3 Å². The first kappa shape index (κ1) is 15.0. The Morgan fingerprint density at radius 3 is 2.90 bits per heavy atom. The van der Waals surface area contributed by atoms with Crippen LogP contribution in [0.4, 0.5) is 0 Å². The van der Waals surface area contributed by atoms with E-state index in [1.807, 2.05) is 25.4 Å². The van der Waals surface area contributed by atoms with Gasteiger partial charge in [-0.15, -0.1) is 5.10 Å². The summed E-state index contributed by atoms with van der Waals surface area (Å²) < 4.78 is 11.9. The number of pyridine rings is 1. The second kappa shape index (κ2) is 6.88. The van der Waals surface area contributed by atoms with Crippen LogP contribution in [-0.4, -0.2) is 33.9 Å². The molecule has 6 heteroatoms. The lowest BCUT2D eigenvalue weighted by Crippen LogP contribution is -2.14. The van der Waals surface area contributed by atoms with Crippen molar-refractivity contribution >= 4 is 5.97 Å². The number of hydrogen-bond donors (Lipinski definition) is 0. The smallest absolute Gasteiger partial charge is 0.344 e. The van der Waals surface area contributed by atoms with Gasteiger partial charge in [-0.3, -0.25) is 9.67 Å². The summed E-state index contributed by atoms with van der Waals surface area (Å²) in [4.78, 5) is 15.4. The molecule has 2 aromatic heterocycles. The minimum Gasteiger partial charge on any atom is -0.465 e. The van der Waals surface area contributed by atoms with Gasteiger partial charge >= 0.3 is 5.97 Å². The molecule has 0 radical (unpaired) electrons. The molecule has 0 aromatic carbocycles. The molecule has 0 aliphatic rings. The van der Waals surface area contributed by atoms with Crippen LogP contribution in [0.2, 0.25) is 0 Å². The number of rotatable bonds is 6. The normalized spacial score (nSPS) is 10.4. The standard InChI is InChI=1S/C15H19N3O3/c1-4-11-9-16-7-6-12(11)13-8-14(17-18(13)3)21-10-15(19)20-5-2/h6-9H,4-5,10H2,1-3H3. The molecule has 0 saturated heterocycles. The van der Waals surface area contributed by atoms with Crippen LogP contribution < -0.4 is 4.74 Å². The van der Waals surface area contributed by atoms with E-state index in [0.29, 0.717) is 12.5 Å². The zero-order valence-corrected chi connectivity index (χ0v) is 12.5. The molecular formula is C15H19N3O3. The van der Waals surface area contributed by atoms with E-state index < -0.39 is 5.97 Å².